The fraction of sp³-hybridized carbons (Fsp3) is 0.172. The molecule has 0 spiro atoms. The van der Waals surface area contributed by atoms with Crippen LogP contribution < -0.4 is 15.0 Å². The van der Waals surface area contributed by atoms with Crippen LogP contribution in [0.2, 0.25) is 0 Å². The molecule has 0 aliphatic rings. The van der Waals surface area contributed by atoms with Crippen LogP contribution in [-0.4, -0.2) is 18.9 Å². The third-order valence-electron chi connectivity index (χ3n) is 5.82. The van der Waals surface area contributed by atoms with Crippen molar-refractivity contribution in [3.05, 3.63) is 118 Å². The summed E-state index contributed by atoms with van der Waals surface area (Å²) >= 11 is 1.53. The molecule has 0 aliphatic carbocycles. The van der Waals surface area contributed by atoms with Crippen LogP contribution in [-0.2, 0) is 22.6 Å². The predicted octanol–water partition coefficient (Wildman–Crippen LogP) is 5.70. The van der Waals surface area contributed by atoms with Crippen LogP contribution in [0, 0.1) is 6.92 Å². The van der Waals surface area contributed by atoms with Crippen LogP contribution in [0.3, 0.4) is 0 Å². The second-order valence-corrected chi connectivity index (χ2v) is 9.21. The van der Waals surface area contributed by atoms with E-state index in [9.17, 15) is 9.59 Å². The maximum Gasteiger partial charge on any atom is 0.248 e. The molecule has 3 aromatic carbocycles. The minimum atomic E-state index is -0.833. The minimum Gasteiger partial charge on any atom is -0.497 e. The van der Waals surface area contributed by atoms with Crippen molar-refractivity contribution in [3.8, 4) is 5.75 Å². The molecule has 0 saturated heterocycles. The van der Waals surface area contributed by atoms with Crippen LogP contribution in [0.15, 0.2) is 96.4 Å². The smallest absolute Gasteiger partial charge is 0.248 e. The van der Waals surface area contributed by atoms with E-state index in [2.05, 4.69) is 5.32 Å². The molecule has 6 heteroatoms. The van der Waals surface area contributed by atoms with Crippen molar-refractivity contribution >= 4 is 28.8 Å². The maximum absolute atomic E-state index is 13.8. The molecule has 0 fully saturated rings. The van der Waals surface area contributed by atoms with Gasteiger partial charge < -0.3 is 10.1 Å². The summed E-state index contributed by atoms with van der Waals surface area (Å²) in [5.74, 6) is 0.291. The van der Waals surface area contributed by atoms with Gasteiger partial charge in [0.15, 0.2) is 0 Å². The fourth-order valence-electron chi connectivity index (χ4n) is 4.00. The summed E-state index contributed by atoms with van der Waals surface area (Å²) in [6, 6.07) is 27.7. The van der Waals surface area contributed by atoms with E-state index < -0.39 is 6.04 Å². The molecule has 0 aliphatic heterocycles. The molecule has 178 valence electrons. The van der Waals surface area contributed by atoms with Gasteiger partial charge in [-0.25, -0.2) is 0 Å². The summed E-state index contributed by atoms with van der Waals surface area (Å²) in [5, 5.41) is 5.01. The SMILES string of the molecule is COc1ccc(N(C(=O)Cc2cccs2)[C@@H](C(=O)NCc2ccccc2)c2ccccc2C)cc1. The zero-order chi connectivity index (χ0) is 24.6. The summed E-state index contributed by atoms with van der Waals surface area (Å²) in [4.78, 5) is 30.1. The number of methoxy groups -OCH3 is 1. The van der Waals surface area contributed by atoms with Gasteiger partial charge in [-0.15, -0.1) is 11.3 Å². The second-order valence-electron chi connectivity index (χ2n) is 8.18. The van der Waals surface area contributed by atoms with E-state index in [-0.39, 0.29) is 18.2 Å². The van der Waals surface area contributed by atoms with E-state index in [0.29, 0.717) is 18.0 Å². The van der Waals surface area contributed by atoms with Gasteiger partial charge in [0.2, 0.25) is 11.8 Å². The lowest BCUT2D eigenvalue weighted by Gasteiger charge is -2.32. The molecule has 4 rings (SSSR count). The van der Waals surface area contributed by atoms with Crippen LogP contribution >= 0.6 is 11.3 Å². The Bertz CT molecular complexity index is 1250. The Morgan fingerprint density at radius 1 is 0.914 bits per heavy atom. The third-order valence-corrected chi connectivity index (χ3v) is 6.70. The van der Waals surface area contributed by atoms with Gasteiger partial charge in [-0.3, -0.25) is 14.5 Å². The number of ether oxygens (including phenoxy) is 1. The minimum absolute atomic E-state index is 0.152. The van der Waals surface area contributed by atoms with Gasteiger partial charge in [-0.05, 0) is 59.3 Å². The van der Waals surface area contributed by atoms with Crippen molar-refractivity contribution in [2.45, 2.75) is 25.9 Å². The summed E-state index contributed by atoms with van der Waals surface area (Å²) in [6.45, 7) is 2.33. The number of benzene rings is 3. The average molecular weight is 485 g/mol. The lowest BCUT2D eigenvalue weighted by atomic mass is 9.97. The Morgan fingerprint density at radius 2 is 1.63 bits per heavy atom. The molecule has 35 heavy (non-hydrogen) atoms. The van der Waals surface area contributed by atoms with Crippen LogP contribution in [0.5, 0.6) is 5.75 Å². The number of hydrogen-bond acceptors (Lipinski definition) is 4. The van der Waals surface area contributed by atoms with Crippen LogP contribution in [0.1, 0.15) is 27.6 Å². The van der Waals surface area contributed by atoms with E-state index in [4.69, 9.17) is 4.74 Å². The highest BCUT2D eigenvalue weighted by molar-refractivity contribution is 7.10. The zero-order valence-electron chi connectivity index (χ0n) is 19.8. The highest BCUT2D eigenvalue weighted by atomic mass is 32.1. The molecule has 1 N–H and O–H groups in total. The molecule has 1 atom stereocenters. The Hall–Kier alpha value is -3.90. The Labute approximate surface area is 210 Å². The van der Waals surface area contributed by atoms with Crippen LogP contribution in [0.4, 0.5) is 5.69 Å². The molecule has 1 aromatic heterocycles. The van der Waals surface area contributed by atoms with Gasteiger partial charge in [0, 0.05) is 17.1 Å². The second kappa shape index (κ2) is 11.5. The number of nitrogens with zero attached hydrogens (tertiary/aromatic N) is 1. The molecule has 4 aromatic rings. The first-order valence-corrected chi connectivity index (χ1v) is 12.3. The molecule has 5 nitrogen and oxygen atoms in total. The lowest BCUT2D eigenvalue weighted by Crippen LogP contribution is -2.44. The van der Waals surface area contributed by atoms with E-state index in [1.54, 1.807) is 24.1 Å². The van der Waals surface area contributed by atoms with Crippen molar-refractivity contribution in [1.29, 1.82) is 0 Å². The highest BCUT2D eigenvalue weighted by Gasteiger charge is 2.33. The number of thiophene rings is 1. The van der Waals surface area contributed by atoms with Crippen molar-refractivity contribution in [1.82, 2.24) is 5.32 Å². The first kappa shape index (κ1) is 24.2. The van der Waals surface area contributed by atoms with Crippen LogP contribution in [0.25, 0.3) is 0 Å². The summed E-state index contributed by atoms with van der Waals surface area (Å²) in [7, 11) is 1.60. The molecule has 0 saturated carbocycles. The van der Waals surface area contributed by atoms with Gasteiger partial charge in [0.1, 0.15) is 11.8 Å². The van der Waals surface area contributed by atoms with Crippen molar-refractivity contribution < 1.29 is 14.3 Å². The Morgan fingerprint density at radius 3 is 2.29 bits per heavy atom. The topological polar surface area (TPSA) is 58.6 Å². The van der Waals surface area contributed by atoms with E-state index in [1.807, 2.05) is 91.2 Å². The quantitative estimate of drug-likeness (QED) is 0.332. The maximum atomic E-state index is 13.8. The van der Waals surface area contributed by atoms with Crippen molar-refractivity contribution in [2.75, 3.05) is 12.0 Å². The molecule has 0 unspecified atom stereocenters. The summed E-state index contributed by atoms with van der Waals surface area (Å²) < 4.78 is 5.31. The van der Waals surface area contributed by atoms with Gasteiger partial charge in [0.05, 0.1) is 13.5 Å². The van der Waals surface area contributed by atoms with Gasteiger partial charge in [0.25, 0.3) is 0 Å². The average Bonchev–Trinajstić information content (AvgIpc) is 3.40. The monoisotopic (exact) mass is 484 g/mol. The molecule has 1 heterocycles. The molecular formula is C29H28N2O3S. The number of carbonyl (C=O) groups excluding carboxylic acids is 2. The number of aryl methyl sites for hydroxylation is 1. The molecule has 0 radical (unpaired) electrons. The highest BCUT2D eigenvalue weighted by Crippen LogP contribution is 2.32. The number of anilines is 1. The van der Waals surface area contributed by atoms with E-state index in [1.165, 1.54) is 11.3 Å². The first-order chi connectivity index (χ1) is 17.1. The predicted molar refractivity (Wildman–Crippen MR) is 141 cm³/mol. The number of nitrogens with one attached hydrogen (secondary N) is 1. The van der Waals surface area contributed by atoms with Crippen molar-refractivity contribution in [3.63, 3.8) is 0 Å². The number of rotatable bonds is 9. The Kier molecular flexibility index (Phi) is 7.95. The third kappa shape index (κ3) is 5.97. The van der Waals surface area contributed by atoms with Gasteiger partial charge in [-0.2, -0.15) is 0 Å². The molecular weight excluding hydrogens is 456 g/mol. The normalized spacial score (nSPS) is 11.5. The summed E-state index contributed by atoms with van der Waals surface area (Å²) in [6.07, 6.45) is 0.206. The lowest BCUT2D eigenvalue weighted by molar-refractivity contribution is -0.126. The van der Waals surface area contributed by atoms with E-state index >= 15 is 0 Å². The fourth-order valence-corrected chi connectivity index (χ4v) is 4.70. The number of amides is 2. The van der Waals surface area contributed by atoms with Gasteiger partial charge >= 0.3 is 0 Å². The largest absolute Gasteiger partial charge is 0.497 e. The number of carbonyl (C=O) groups is 2. The molecule has 2 amide bonds. The zero-order valence-corrected chi connectivity index (χ0v) is 20.6. The van der Waals surface area contributed by atoms with Gasteiger partial charge in [-0.1, -0.05) is 60.7 Å². The first-order valence-electron chi connectivity index (χ1n) is 11.4. The standard InChI is InChI=1S/C29H28N2O3S/c1-21-9-6-7-13-26(21)28(29(33)30-20-22-10-4-3-5-11-22)31(23-14-16-24(34-2)17-15-23)27(32)19-25-12-8-18-35-25/h3-18,28H,19-20H2,1-2H3,(H,30,33)/t28-/m1/s1. The number of hydrogen-bond donors (Lipinski definition) is 1. The summed E-state index contributed by atoms with van der Waals surface area (Å²) in [5.41, 5.74) is 3.35. The Balaban J connectivity index is 1.75. The van der Waals surface area contributed by atoms with E-state index in [0.717, 1.165) is 21.6 Å². The molecule has 0 bridgehead atoms. The van der Waals surface area contributed by atoms with Crippen molar-refractivity contribution in [2.24, 2.45) is 0 Å².